The number of carbonyl (C=O) groups is 1. The first kappa shape index (κ1) is 12.0. The highest BCUT2D eigenvalue weighted by Crippen LogP contribution is 2.30. The molecule has 19 heavy (non-hydrogen) atoms. The molecular formula is C15H15NO3. The van der Waals surface area contributed by atoms with E-state index >= 15 is 0 Å². The van der Waals surface area contributed by atoms with Gasteiger partial charge < -0.3 is 9.26 Å². The van der Waals surface area contributed by atoms with E-state index in [9.17, 15) is 4.79 Å². The number of carbonyl (C=O) groups excluding carboxylic acids is 1. The number of rotatable bonds is 3. The molecule has 0 saturated carbocycles. The third kappa shape index (κ3) is 2.38. The van der Waals surface area contributed by atoms with Gasteiger partial charge in [0, 0.05) is 23.6 Å². The number of nitrogens with zero attached hydrogens (tertiary/aromatic N) is 1. The highest BCUT2D eigenvalue weighted by Gasteiger charge is 2.20. The molecule has 1 heterocycles. The van der Waals surface area contributed by atoms with Gasteiger partial charge in [0.2, 0.25) is 0 Å². The van der Waals surface area contributed by atoms with E-state index in [1.165, 1.54) is 0 Å². The largest absolute Gasteiger partial charge is 0.485 e. The van der Waals surface area contributed by atoms with Gasteiger partial charge in [-0.1, -0.05) is 17.3 Å². The highest BCUT2D eigenvalue weighted by atomic mass is 16.5. The van der Waals surface area contributed by atoms with Crippen molar-refractivity contribution < 1.29 is 14.1 Å². The van der Waals surface area contributed by atoms with Crippen LogP contribution < -0.4 is 4.74 Å². The van der Waals surface area contributed by atoms with Crippen LogP contribution in [0.4, 0.5) is 0 Å². The number of hydrogen-bond acceptors (Lipinski definition) is 4. The van der Waals surface area contributed by atoms with E-state index in [1.807, 2.05) is 31.2 Å². The van der Waals surface area contributed by atoms with Crippen molar-refractivity contribution in [2.75, 3.05) is 0 Å². The number of aryl methyl sites for hydroxylation is 1. The Hall–Kier alpha value is -2.10. The van der Waals surface area contributed by atoms with Crippen LogP contribution in [-0.2, 0) is 13.0 Å². The number of benzene rings is 1. The maximum Gasteiger partial charge on any atom is 0.174 e. The van der Waals surface area contributed by atoms with Crippen molar-refractivity contribution in [3.63, 3.8) is 0 Å². The van der Waals surface area contributed by atoms with Crippen LogP contribution >= 0.6 is 0 Å². The standard InChI is InChI=1S/C15H15NO3/c1-10-8-11(19-16-10)9-18-15-7-3-4-12-13(15)5-2-6-14(12)17/h3-4,7-8H,2,5-6,9H2,1H3. The van der Waals surface area contributed by atoms with Gasteiger partial charge in [-0.05, 0) is 25.8 Å². The van der Waals surface area contributed by atoms with E-state index in [-0.39, 0.29) is 5.78 Å². The van der Waals surface area contributed by atoms with Crippen molar-refractivity contribution in [3.8, 4) is 5.75 Å². The van der Waals surface area contributed by atoms with E-state index in [0.717, 1.165) is 35.4 Å². The van der Waals surface area contributed by atoms with Gasteiger partial charge in [-0.2, -0.15) is 0 Å². The molecule has 0 atom stereocenters. The van der Waals surface area contributed by atoms with E-state index in [1.54, 1.807) is 0 Å². The molecule has 1 aromatic carbocycles. The van der Waals surface area contributed by atoms with Gasteiger partial charge in [-0.15, -0.1) is 0 Å². The monoisotopic (exact) mass is 257 g/mol. The Morgan fingerprint density at radius 3 is 3.05 bits per heavy atom. The van der Waals surface area contributed by atoms with Crippen molar-refractivity contribution in [1.82, 2.24) is 5.16 Å². The second-order valence-corrected chi connectivity index (χ2v) is 4.78. The lowest BCUT2D eigenvalue weighted by atomic mass is 9.90. The van der Waals surface area contributed by atoms with Gasteiger partial charge >= 0.3 is 0 Å². The molecule has 2 aromatic rings. The lowest BCUT2D eigenvalue weighted by Crippen LogP contribution is -2.12. The predicted octanol–water partition coefficient (Wildman–Crippen LogP) is 3.08. The smallest absolute Gasteiger partial charge is 0.174 e. The molecule has 0 radical (unpaired) electrons. The molecule has 0 N–H and O–H groups in total. The highest BCUT2D eigenvalue weighted by molar-refractivity contribution is 5.99. The maximum absolute atomic E-state index is 11.8. The van der Waals surface area contributed by atoms with E-state index < -0.39 is 0 Å². The normalized spacial score (nSPS) is 14.3. The number of fused-ring (bicyclic) bond motifs is 1. The molecule has 0 saturated heterocycles. The molecule has 0 bridgehead atoms. The molecule has 4 heteroatoms. The number of hydrogen-bond donors (Lipinski definition) is 0. The number of ether oxygens (including phenoxy) is 1. The van der Waals surface area contributed by atoms with Crippen molar-refractivity contribution >= 4 is 5.78 Å². The summed E-state index contributed by atoms with van der Waals surface area (Å²) in [5, 5.41) is 3.82. The summed E-state index contributed by atoms with van der Waals surface area (Å²) in [4.78, 5) is 11.8. The second-order valence-electron chi connectivity index (χ2n) is 4.78. The topological polar surface area (TPSA) is 52.3 Å². The zero-order valence-corrected chi connectivity index (χ0v) is 10.8. The summed E-state index contributed by atoms with van der Waals surface area (Å²) in [5.41, 5.74) is 2.66. The third-order valence-corrected chi connectivity index (χ3v) is 3.31. The summed E-state index contributed by atoms with van der Waals surface area (Å²) < 4.78 is 10.9. The molecule has 0 fully saturated rings. The number of Topliss-reactive ketones (excluding diaryl/α,β-unsaturated/α-hetero) is 1. The van der Waals surface area contributed by atoms with Crippen LogP contribution in [0.15, 0.2) is 28.8 Å². The lowest BCUT2D eigenvalue weighted by molar-refractivity contribution is 0.0971. The zero-order chi connectivity index (χ0) is 13.2. The zero-order valence-electron chi connectivity index (χ0n) is 10.8. The first-order chi connectivity index (χ1) is 9.24. The summed E-state index contributed by atoms with van der Waals surface area (Å²) in [6, 6.07) is 7.49. The fourth-order valence-corrected chi connectivity index (χ4v) is 2.41. The van der Waals surface area contributed by atoms with Crippen molar-refractivity contribution in [2.45, 2.75) is 32.8 Å². The Balaban J connectivity index is 1.81. The SMILES string of the molecule is Cc1cc(COc2cccc3c2CCCC3=O)on1. The summed E-state index contributed by atoms with van der Waals surface area (Å²) >= 11 is 0. The van der Waals surface area contributed by atoms with Crippen LogP contribution in [0, 0.1) is 6.92 Å². The van der Waals surface area contributed by atoms with Crippen LogP contribution in [0.2, 0.25) is 0 Å². The quantitative estimate of drug-likeness (QED) is 0.847. The Bertz CT molecular complexity index is 616. The minimum Gasteiger partial charge on any atom is -0.485 e. The third-order valence-electron chi connectivity index (χ3n) is 3.31. The molecule has 0 unspecified atom stereocenters. The molecule has 3 rings (SSSR count). The molecule has 1 aliphatic rings. The van der Waals surface area contributed by atoms with Gasteiger partial charge in [0.15, 0.2) is 11.5 Å². The maximum atomic E-state index is 11.8. The van der Waals surface area contributed by atoms with Crippen LogP contribution in [0.3, 0.4) is 0 Å². The first-order valence-corrected chi connectivity index (χ1v) is 6.44. The first-order valence-electron chi connectivity index (χ1n) is 6.44. The minimum atomic E-state index is 0.210. The fraction of sp³-hybridized carbons (Fsp3) is 0.333. The molecule has 0 aliphatic heterocycles. The van der Waals surface area contributed by atoms with Crippen molar-refractivity contribution in [3.05, 3.63) is 46.8 Å². The van der Waals surface area contributed by atoms with Gasteiger partial charge in [-0.25, -0.2) is 0 Å². The average molecular weight is 257 g/mol. The number of ketones is 1. The molecule has 98 valence electrons. The minimum absolute atomic E-state index is 0.210. The van der Waals surface area contributed by atoms with Crippen LogP contribution in [0.1, 0.15) is 40.2 Å². The summed E-state index contributed by atoms with van der Waals surface area (Å²) in [6.45, 7) is 2.21. The van der Waals surface area contributed by atoms with Gasteiger partial charge in [-0.3, -0.25) is 4.79 Å². The molecule has 0 spiro atoms. The van der Waals surface area contributed by atoms with Crippen molar-refractivity contribution in [2.24, 2.45) is 0 Å². The summed E-state index contributed by atoms with van der Waals surface area (Å²) in [6.07, 6.45) is 2.43. The Kier molecular flexibility index (Phi) is 3.07. The van der Waals surface area contributed by atoms with Crippen LogP contribution in [-0.4, -0.2) is 10.9 Å². The van der Waals surface area contributed by atoms with Gasteiger partial charge in [0.1, 0.15) is 12.4 Å². The van der Waals surface area contributed by atoms with E-state index in [2.05, 4.69) is 5.16 Å². The Morgan fingerprint density at radius 1 is 1.37 bits per heavy atom. The van der Waals surface area contributed by atoms with E-state index in [4.69, 9.17) is 9.26 Å². The van der Waals surface area contributed by atoms with Crippen molar-refractivity contribution in [1.29, 1.82) is 0 Å². The molecule has 0 amide bonds. The van der Waals surface area contributed by atoms with E-state index in [0.29, 0.717) is 18.8 Å². The number of aromatic nitrogens is 1. The molecular weight excluding hydrogens is 242 g/mol. The van der Waals surface area contributed by atoms with Gasteiger partial charge in [0.05, 0.1) is 5.69 Å². The van der Waals surface area contributed by atoms with Crippen LogP contribution in [0.5, 0.6) is 5.75 Å². The molecule has 1 aromatic heterocycles. The lowest BCUT2D eigenvalue weighted by Gasteiger charge is -2.18. The van der Waals surface area contributed by atoms with Gasteiger partial charge in [0.25, 0.3) is 0 Å². The predicted molar refractivity (Wildman–Crippen MR) is 69.3 cm³/mol. The average Bonchev–Trinajstić information content (AvgIpc) is 2.83. The molecule has 4 nitrogen and oxygen atoms in total. The summed E-state index contributed by atoms with van der Waals surface area (Å²) in [5.74, 6) is 1.68. The second kappa shape index (κ2) is 4.88. The Morgan fingerprint density at radius 2 is 2.26 bits per heavy atom. The fourth-order valence-electron chi connectivity index (χ4n) is 2.41. The Labute approximate surface area is 111 Å². The summed E-state index contributed by atoms with van der Waals surface area (Å²) in [7, 11) is 0. The van der Waals surface area contributed by atoms with Crippen LogP contribution in [0.25, 0.3) is 0 Å². The molecule has 1 aliphatic carbocycles.